The summed E-state index contributed by atoms with van der Waals surface area (Å²) in [5, 5.41) is 15.2. The number of carbonyl (C=O) groups excluding carboxylic acids is 4. The highest BCUT2D eigenvalue weighted by Gasteiger charge is 2.32. The van der Waals surface area contributed by atoms with Gasteiger partial charge >= 0.3 is 0 Å². The van der Waals surface area contributed by atoms with E-state index in [9.17, 15) is 19.2 Å². The van der Waals surface area contributed by atoms with Gasteiger partial charge in [-0.05, 0) is 119 Å². The number of carbonyl (C=O) groups is 4. The van der Waals surface area contributed by atoms with E-state index in [1.165, 1.54) is 25.3 Å². The number of nitrogen functional groups attached to an aromatic ring is 1. The van der Waals surface area contributed by atoms with Crippen molar-refractivity contribution in [3.05, 3.63) is 101 Å². The number of likely N-dealkylation sites (N-methyl/N-ethyl adjacent to an activating group) is 2. The second-order valence-corrected chi connectivity index (χ2v) is 16.9. The number of aldehydes is 2. The van der Waals surface area contributed by atoms with Gasteiger partial charge in [0.1, 0.15) is 41.8 Å². The Balaban J connectivity index is 0.845. The Kier molecular flexibility index (Phi) is 15.1. The van der Waals surface area contributed by atoms with Gasteiger partial charge in [0, 0.05) is 82.1 Å². The van der Waals surface area contributed by atoms with Gasteiger partial charge in [0.15, 0.2) is 6.29 Å². The van der Waals surface area contributed by atoms with Crippen LogP contribution in [0.5, 0.6) is 11.5 Å². The molecule has 3 saturated heterocycles. The van der Waals surface area contributed by atoms with Crippen LogP contribution in [0.3, 0.4) is 0 Å². The number of aromatic nitrogens is 2. The maximum Gasteiger partial charge on any atom is 0.255 e. The molecule has 0 saturated carbocycles. The molecule has 3 aromatic carbocycles. The number of rotatable bonds is 17. The molecule has 5 N–H and O–H groups in total. The molecule has 1 unspecified atom stereocenters. The van der Waals surface area contributed by atoms with Crippen molar-refractivity contribution in [1.82, 2.24) is 30.0 Å². The van der Waals surface area contributed by atoms with Crippen molar-refractivity contribution in [2.75, 3.05) is 75.9 Å². The molecular formula is C48H60N10O5. The molecule has 3 fully saturated rings. The number of piperidine rings is 3. The molecule has 7 rings (SSSR count). The molecule has 1 atom stereocenters. The first kappa shape index (κ1) is 44.9. The summed E-state index contributed by atoms with van der Waals surface area (Å²) in [5.74, 6) is 2.12. The van der Waals surface area contributed by atoms with Gasteiger partial charge in [-0.2, -0.15) is 0 Å². The first-order valence-electron chi connectivity index (χ1n) is 22.2. The number of para-hydroxylation sites is 1. The molecule has 3 aliphatic heterocycles. The minimum absolute atomic E-state index is 0.145. The minimum Gasteiger partial charge on any atom is -0.457 e. The summed E-state index contributed by atoms with van der Waals surface area (Å²) >= 11 is 0. The SMILES string of the molecule is CNC(=O)C(CCC=O)N(C)C(=O)c1ccc(N2CCC(CN3CCC(N4CCC(Nc5ncnc(N)c5C(=N)c5ccc(Oc6ccccc6)cc5)CC4)CC3)CC2)cc1C=O. The maximum absolute atomic E-state index is 13.4. The highest BCUT2D eigenvalue weighted by atomic mass is 16.5. The third-order valence-electron chi connectivity index (χ3n) is 13.0. The Morgan fingerprint density at radius 3 is 2.27 bits per heavy atom. The molecule has 0 spiro atoms. The van der Waals surface area contributed by atoms with Gasteiger partial charge in [-0.25, -0.2) is 9.97 Å². The van der Waals surface area contributed by atoms with Crippen LogP contribution in [-0.2, 0) is 9.59 Å². The summed E-state index contributed by atoms with van der Waals surface area (Å²) in [5.41, 5.74) is 9.28. The number of likely N-dealkylation sites (tertiary alicyclic amines) is 2. The first-order chi connectivity index (χ1) is 30.6. The van der Waals surface area contributed by atoms with Crippen LogP contribution in [0.4, 0.5) is 17.3 Å². The number of nitrogens with two attached hydrogens (primary N) is 1. The van der Waals surface area contributed by atoms with E-state index in [4.69, 9.17) is 15.9 Å². The highest BCUT2D eigenvalue weighted by molar-refractivity contribution is 6.16. The average molecular weight is 857 g/mol. The number of ether oxygens (including phenoxy) is 1. The number of hydrogen-bond donors (Lipinski definition) is 4. The second kappa shape index (κ2) is 21.3. The van der Waals surface area contributed by atoms with E-state index in [0.717, 1.165) is 102 Å². The predicted molar refractivity (Wildman–Crippen MR) is 245 cm³/mol. The summed E-state index contributed by atoms with van der Waals surface area (Å²) in [7, 11) is 3.02. The van der Waals surface area contributed by atoms with Gasteiger partial charge in [-0.1, -0.05) is 18.2 Å². The molecule has 0 aliphatic carbocycles. The topological polar surface area (TPSA) is 190 Å². The van der Waals surface area contributed by atoms with E-state index in [2.05, 4.69) is 35.3 Å². The van der Waals surface area contributed by atoms with Gasteiger partial charge in [0.25, 0.3) is 5.91 Å². The Morgan fingerprint density at radius 1 is 0.905 bits per heavy atom. The zero-order valence-corrected chi connectivity index (χ0v) is 36.4. The molecule has 4 aromatic rings. The van der Waals surface area contributed by atoms with Crippen molar-refractivity contribution in [1.29, 1.82) is 5.41 Å². The molecule has 2 amide bonds. The highest BCUT2D eigenvalue weighted by Crippen LogP contribution is 2.30. The van der Waals surface area contributed by atoms with Crippen LogP contribution in [0.2, 0.25) is 0 Å². The fourth-order valence-electron chi connectivity index (χ4n) is 9.29. The van der Waals surface area contributed by atoms with Crippen molar-refractivity contribution < 1.29 is 23.9 Å². The van der Waals surface area contributed by atoms with Crippen molar-refractivity contribution in [3.8, 4) is 11.5 Å². The van der Waals surface area contributed by atoms with Crippen LogP contribution in [-0.4, -0.2) is 133 Å². The quantitative estimate of drug-likeness (QED) is 0.0772. The first-order valence-corrected chi connectivity index (χ1v) is 22.2. The van der Waals surface area contributed by atoms with Crippen LogP contribution < -0.4 is 26.0 Å². The lowest BCUT2D eigenvalue weighted by molar-refractivity contribution is -0.125. The lowest BCUT2D eigenvalue weighted by atomic mass is 9.93. The summed E-state index contributed by atoms with van der Waals surface area (Å²) in [6.45, 7) is 7.05. The predicted octanol–water partition coefficient (Wildman–Crippen LogP) is 5.50. The van der Waals surface area contributed by atoms with Crippen molar-refractivity contribution >= 4 is 47.4 Å². The third-order valence-corrected chi connectivity index (χ3v) is 13.0. The van der Waals surface area contributed by atoms with Crippen molar-refractivity contribution in [2.45, 2.75) is 69.5 Å². The van der Waals surface area contributed by atoms with Crippen molar-refractivity contribution in [2.24, 2.45) is 5.92 Å². The largest absolute Gasteiger partial charge is 0.457 e. The molecule has 1 aromatic heterocycles. The van der Waals surface area contributed by atoms with Gasteiger partial charge in [0.2, 0.25) is 5.91 Å². The van der Waals surface area contributed by atoms with E-state index in [1.54, 1.807) is 12.1 Å². The normalized spacial score (nSPS) is 17.4. The number of nitrogens with zero attached hydrogens (tertiary/aromatic N) is 6. The molecule has 3 aliphatic rings. The standard InChI is InChI=1S/C48H60N10O5/c1-51-47(61)42(9-6-28-59)55(2)48(62)41-15-12-38(29-35(41)31-60)58-24-16-33(17-25-58)30-56-22-20-37(21-23-56)57-26-18-36(19-27-57)54-46-43(45(50)52-32-53-46)44(49)34-10-13-40(14-11-34)63-39-7-4-3-5-8-39/h3-5,7-8,10-15,28-29,31-33,36-37,42,49H,6,9,16-27,30H2,1-2H3,(H,51,61)(H3,50,52,53,54). The van der Waals surface area contributed by atoms with E-state index in [-0.39, 0.29) is 47.4 Å². The molecule has 4 heterocycles. The lowest BCUT2D eigenvalue weighted by Gasteiger charge is -2.43. The van der Waals surface area contributed by atoms with E-state index >= 15 is 0 Å². The fourth-order valence-corrected chi connectivity index (χ4v) is 9.29. The maximum atomic E-state index is 13.4. The Hall–Kier alpha value is -6.19. The van der Waals surface area contributed by atoms with Crippen molar-refractivity contribution in [3.63, 3.8) is 0 Å². The molecule has 0 bridgehead atoms. The lowest BCUT2D eigenvalue weighted by Crippen LogP contribution is -2.50. The zero-order valence-electron chi connectivity index (χ0n) is 36.4. The fraction of sp³-hybridized carbons (Fsp3) is 0.438. The third kappa shape index (κ3) is 11.1. The Labute approximate surface area is 369 Å². The zero-order chi connectivity index (χ0) is 44.3. The minimum atomic E-state index is -0.814. The number of nitrogens with one attached hydrogen (secondary N) is 3. The molecule has 332 valence electrons. The van der Waals surface area contributed by atoms with E-state index in [0.29, 0.717) is 40.9 Å². The summed E-state index contributed by atoms with van der Waals surface area (Å²) in [6.07, 6.45) is 9.62. The average Bonchev–Trinajstić information content (AvgIpc) is 3.32. The summed E-state index contributed by atoms with van der Waals surface area (Å²) in [6, 6.07) is 22.3. The van der Waals surface area contributed by atoms with Crippen LogP contribution in [0.25, 0.3) is 0 Å². The van der Waals surface area contributed by atoms with Crippen LogP contribution in [0.1, 0.15) is 83.2 Å². The van der Waals surface area contributed by atoms with Gasteiger partial charge in [0.05, 0.1) is 16.8 Å². The molecule has 15 heteroatoms. The van der Waals surface area contributed by atoms with E-state index < -0.39 is 11.9 Å². The molecule has 0 radical (unpaired) electrons. The van der Waals surface area contributed by atoms with Gasteiger partial charge in [-0.15, -0.1) is 0 Å². The molecule has 63 heavy (non-hydrogen) atoms. The Morgan fingerprint density at radius 2 is 1.60 bits per heavy atom. The van der Waals surface area contributed by atoms with Gasteiger partial charge < -0.3 is 45.5 Å². The van der Waals surface area contributed by atoms with Crippen LogP contribution >= 0.6 is 0 Å². The second-order valence-electron chi connectivity index (χ2n) is 16.9. The number of hydrogen-bond acceptors (Lipinski definition) is 13. The smallest absolute Gasteiger partial charge is 0.255 e. The number of benzene rings is 3. The summed E-state index contributed by atoms with van der Waals surface area (Å²) in [4.78, 5) is 66.7. The number of amides is 2. The monoisotopic (exact) mass is 856 g/mol. The summed E-state index contributed by atoms with van der Waals surface area (Å²) < 4.78 is 5.94. The van der Waals surface area contributed by atoms with Crippen LogP contribution in [0, 0.1) is 11.3 Å². The molecule has 15 nitrogen and oxygen atoms in total. The van der Waals surface area contributed by atoms with Crippen LogP contribution in [0.15, 0.2) is 79.1 Å². The van der Waals surface area contributed by atoms with Gasteiger partial charge in [-0.3, -0.25) is 19.8 Å². The Bertz CT molecular complexity index is 2200. The number of anilines is 3. The van der Waals surface area contributed by atoms with E-state index in [1.807, 2.05) is 60.7 Å². The molecular weight excluding hydrogens is 797 g/mol.